The third-order valence-corrected chi connectivity index (χ3v) is 4.10. The minimum absolute atomic E-state index is 0.0764. The van der Waals surface area contributed by atoms with E-state index in [0.29, 0.717) is 34.0 Å². The van der Waals surface area contributed by atoms with Crippen LogP contribution in [0.1, 0.15) is 59.1 Å². The second kappa shape index (κ2) is 9.13. The van der Waals surface area contributed by atoms with Crippen LogP contribution in [-0.4, -0.2) is 24.2 Å². The minimum atomic E-state index is -0.709. The molecule has 1 heterocycles. The average Bonchev–Trinajstić information content (AvgIpc) is 2.55. The maximum absolute atomic E-state index is 12.9. The molecule has 0 radical (unpaired) electrons. The maximum atomic E-state index is 12.9. The average molecular weight is 395 g/mol. The van der Waals surface area contributed by atoms with Gasteiger partial charge in [-0.2, -0.15) is 0 Å². The highest BCUT2D eigenvalue weighted by atomic mass is 35.5. The molecular formula is C20H27ClN2O4. The van der Waals surface area contributed by atoms with Crippen molar-refractivity contribution in [3.05, 3.63) is 40.1 Å². The fourth-order valence-corrected chi connectivity index (χ4v) is 3.10. The van der Waals surface area contributed by atoms with Gasteiger partial charge in [-0.25, -0.2) is 9.59 Å². The first-order valence-electron chi connectivity index (χ1n) is 9.20. The summed E-state index contributed by atoms with van der Waals surface area (Å²) in [7, 11) is 0. The summed E-state index contributed by atoms with van der Waals surface area (Å²) in [5, 5.41) is 6.06. The summed E-state index contributed by atoms with van der Waals surface area (Å²) in [5.74, 6) is 0.0914. The number of rotatable bonds is 7. The van der Waals surface area contributed by atoms with Gasteiger partial charge in [-0.3, -0.25) is 0 Å². The van der Waals surface area contributed by atoms with Gasteiger partial charge in [-0.05, 0) is 52.3 Å². The number of allylic oxidation sites excluding steroid dienone is 1. The van der Waals surface area contributed by atoms with Crippen LogP contribution in [0, 0.1) is 0 Å². The second-order valence-corrected chi connectivity index (χ2v) is 7.41. The van der Waals surface area contributed by atoms with Crippen molar-refractivity contribution in [1.82, 2.24) is 10.6 Å². The first-order valence-corrected chi connectivity index (χ1v) is 9.58. The highest BCUT2D eigenvalue weighted by Crippen LogP contribution is 2.36. The van der Waals surface area contributed by atoms with Crippen molar-refractivity contribution in [2.75, 3.05) is 0 Å². The van der Waals surface area contributed by atoms with E-state index < -0.39 is 12.0 Å². The minimum Gasteiger partial charge on any atom is -0.491 e. The first-order chi connectivity index (χ1) is 12.7. The highest BCUT2D eigenvalue weighted by Gasteiger charge is 2.35. The fraction of sp³-hybridized carbons (Fsp3) is 0.500. The largest absolute Gasteiger partial charge is 0.491 e. The van der Waals surface area contributed by atoms with E-state index in [2.05, 4.69) is 10.6 Å². The SMILES string of the molecule is CCCC1=C(C(=O)OC(C)C)C(c2cc(Cl)ccc2OC(C)C)NC(=O)N1. The van der Waals surface area contributed by atoms with E-state index in [9.17, 15) is 9.59 Å². The molecule has 0 fully saturated rings. The number of esters is 1. The van der Waals surface area contributed by atoms with E-state index in [-0.39, 0.29) is 18.2 Å². The summed E-state index contributed by atoms with van der Waals surface area (Å²) >= 11 is 6.20. The number of nitrogens with one attached hydrogen (secondary N) is 2. The molecule has 1 atom stereocenters. The van der Waals surface area contributed by atoms with Crippen molar-refractivity contribution >= 4 is 23.6 Å². The molecule has 1 aromatic carbocycles. The van der Waals surface area contributed by atoms with Gasteiger partial charge in [-0.15, -0.1) is 0 Å². The van der Waals surface area contributed by atoms with Gasteiger partial charge in [-0.1, -0.05) is 24.9 Å². The lowest BCUT2D eigenvalue weighted by molar-refractivity contribution is -0.143. The van der Waals surface area contributed by atoms with E-state index in [1.807, 2.05) is 20.8 Å². The lowest BCUT2D eigenvalue weighted by Crippen LogP contribution is -2.46. The number of hydrogen-bond donors (Lipinski definition) is 2. The summed E-state index contributed by atoms with van der Waals surface area (Å²) in [4.78, 5) is 25.1. The molecular weight excluding hydrogens is 368 g/mol. The summed E-state index contributed by atoms with van der Waals surface area (Å²) in [6.45, 7) is 9.37. The zero-order valence-corrected chi connectivity index (χ0v) is 17.1. The number of hydrogen-bond acceptors (Lipinski definition) is 4. The van der Waals surface area contributed by atoms with Gasteiger partial charge in [0.15, 0.2) is 0 Å². The van der Waals surface area contributed by atoms with Gasteiger partial charge in [0.25, 0.3) is 0 Å². The Hall–Kier alpha value is -2.21. The molecule has 2 amide bonds. The molecule has 1 aliphatic heterocycles. The van der Waals surface area contributed by atoms with Gasteiger partial charge in [0.1, 0.15) is 5.75 Å². The second-order valence-electron chi connectivity index (χ2n) is 6.98. The lowest BCUT2D eigenvalue weighted by Gasteiger charge is -2.31. The van der Waals surface area contributed by atoms with Gasteiger partial charge in [0.05, 0.1) is 23.8 Å². The zero-order valence-electron chi connectivity index (χ0n) is 16.4. The topological polar surface area (TPSA) is 76.7 Å². The number of ether oxygens (including phenoxy) is 2. The predicted molar refractivity (Wildman–Crippen MR) is 105 cm³/mol. The molecule has 2 rings (SSSR count). The molecule has 0 bridgehead atoms. The molecule has 1 aromatic rings. The van der Waals surface area contributed by atoms with Crippen LogP contribution < -0.4 is 15.4 Å². The van der Waals surface area contributed by atoms with Crippen LogP contribution in [-0.2, 0) is 9.53 Å². The quantitative estimate of drug-likeness (QED) is 0.668. The van der Waals surface area contributed by atoms with Crippen molar-refractivity contribution in [2.45, 2.75) is 65.7 Å². The molecule has 6 nitrogen and oxygen atoms in total. The standard InChI is InChI=1S/C20H27ClN2O4/c1-6-7-15-17(19(24)27-12(4)5)18(23-20(25)22-15)14-10-13(21)8-9-16(14)26-11(2)3/h8-12,18H,6-7H2,1-5H3,(H2,22,23,25). The maximum Gasteiger partial charge on any atom is 0.338 e. The molecule has 0 aliphatic carbocycles. The smallest absolute Gasteiger partial charge is 0.338 e. The van der Waals surface area contributed by atoms with Gasteiger partial charge >= 0.3 is 12.0 Å². The molecule has 148 valence electrons. The van der Waals surface area contributed by atoms with Crippen LogP contribution in [0.2, 0.25) is 5.02 Å². The summed E-state index contributed by atoms with van der Waals surface area (Å²) in [6, 6.07) is 4.09. The Morgan fingerprint density at radius 2 is 1.93 bits per heavy atom. The Balaban J connectivity index is 2.60. The van der Waals surface area contributed by atoms with Crippen molar-refractivity contribution in [1.29, 1.82) is 0 Å². The van der Waals surface area contributed by atoms with Crippen LogP contribution in [0.5, 0.6) is 5.75 Å². The summed E-state index contributed by atoms with van der Waals surface area (Å²) in [5.41, 5.74) is 1.56. The normalized spacial score (nSPS) is 17.0. The van der Waals surface area contributed by atoms with Crippen LogP contribution in [0.25, 0.3) is 0 Å². The Morgan fingerprint density at radius 3 is 2.52 bits per heavy atom. The van der Waals surface area contributed by atoms with Crippen LogP contribution >= 0.6 is 11.6 Å². The number of halogens is 1. The Kier molecular flexibility index (Phi) is 7.13. The van der Waals surface area contributed by atoms with Crippen LogP contribution in [0.3, 0.4) is 0 Å². The molecule has 27 heavy (non-hydrogen) atoms. The molecule has 0 aromatic heterocycles. The number of benzene rings is 1. The fourth-order valence-electron chi connectivity index (χ4n) is 2.92. The number of amides is 2. The molecule has 2 N–H and O–H groups in total. The lowest BCUT2D eigenvalue weighted by atomic mass is 9.93. The van der Waals surface area contributed by atoms with E-state index in [0.717, 1.165) is 6.42 Å². The van der Waals surface area contributed by atoms with E-state index in [1.54, 1.807) is 32.0 Å². The van der Waals surface area contributed by atoms with Gasteiger partial charge in [0, 0.05) is 16.3 Å². The molecule has 7 heteroatoms. The van der Waals surface area contributed by atoms with E-state index >= 15 is 0 Å². The summed E-state index contributed by atoms with van der Waals surface area (Å²) < 4.78 is 11.3. The Bertz CT molecular complexity index is 743. The van der Waals surface area contributed by atoms with Crippen molar-refractivity contribution < 1.29 is 19.1 Å². The Labute approximate surface area is 165 Å². The molecule has 1 unspecified atom stereocenters. The van der Waals surface area contributed by atoms with Crippen LogP contribution in [0.15, 0.2) is 29.5 Å². The first kappa shape index (κ1) is 21.1. The van der Waals surface area contributed by atoms with Crippen molar-refractivity contribution in [3.8, 4) is 5.75 Å². The van der Waals surface area contributed by atoms with Gasteiger partial charge < -0.3 is 20.1 Å². The molecule has 1 aliphatic rings. The van der Waals surface area contributed by atoms with Gasteiger partial charge in [0.2, 0.25) is 0 Å². The highest BCUT2D eigenvalue weighted by molar-refractivity contribution is 6.30. The van der Waals surface area contributed by atoms with E-state index in [1.165, 1.54) is 0 Å². The summed E-state index contributed by atoms with van der Waals surface area (Å²) in [6.07, 6.45) is 0.961. The van der Waals surface area contributed by atoms with Crippen molar-refractivity contribution in [2.24, 2.45) is 0 Å². The third-order valence-electron chi connectivity index (χ3n) is 3.86. The molecule has 0 spiro atoms. The Morgan fingerprint density at radius 1 is 1.22 bits per heavy atom. The predicted octanol–water partition coefficient (Wildman–Crippen LogP) is 4.49. The monoisotopic (exact) mass is 394 g/mol. The van der Waals surface area contributed by atoms with E-state index in [4.69, 9.17) is 21.1 Å². The zero-order chi connectivity index (χ0) is 20.1. The van der Waals surface area contributed by atoms with Crippen molar-refractivity contribution in [3.63, 3.8) is 0 Å². The molecule has 0 saturated carbocycles. The molecule has 0 saturated heterocycles. The number of carbonyl (C=O) groups excluding carboxylic acids is 2. The van der Waals surface area contributed by atoms with Crippen LogP contribution in [0.4, 0.5) is 4.79 Å². The number of urea groups is 1. The number of carbonyl (C=O) groups is 2. The third kappa shape index (κ3) is 5.39.